The van der Waals surface area contributed by atoms with Crippen molar-refractivity contribution < 1.29 is 9.90 Å². The molecule has 0 unspecified atom stereocenters. The number of hydrogen-bond donors (Lipinski definition) is 1. The van der Waals surface area contributed by atoms with Gasteiger partial charge in [0.05, 0.1) is 11.1 Å². The van der Waals surface area contributed by atoms with Gasteiger partial charge < -0.3 is 5.11 Å². The summed E-state index contributed by atoms with van der Waals surface area (Å²) in [5.41, 5.74) is 1.01. The van der Waals surface area contributed by atoms with Gasteiger partial charge in [0.1, 0.15) is 0 Å². The standard InChI is InChI=1S/C10H7NO2.ClH/c12-10(13)8-5-6-11-9-4-2-1-3-7(8)9;/h1-6H,(H,12,13);1H. The fourth-order valence-corrected chi connectivity index (χ4v) is 1.28. The minimum Gasteiger partial charge on any atom is -0.478 e. The minimum atomic E-state index is -0.918. The van der Waals surface area contributed by atoms with Crippen molar-refractivity contribution in [3.63, 3.8) is 0 Å². The third kappa shape index (κ3) is 1.67. The van der Waals surface area contributed by atoms with E-state index >= 15 is 0 Å². The SMILES string of the molecule is Cl.O=C(O)c1ccnc2ccccc12. The average Bonchev–Trinajstić information content (AvgIpc) is 2.17. The lowest BCUT2D eigenvalue weighted by Gasteiger charge is -1.99. The lowest BCUT2D eigenvalue weighted by Crippen LogP contribution is -1.97. The van der Waals surface area contributed by atoms with E-state index in [9.17, 15) is 4.79 Å². The van der Waals surface area contributed by atoms with E-state index in [1.165, 1.54) is 12.3 Å². The quantitative estimate of drug-likeness (QED) is 0.785. The third-order valence-corrected chi connectivity index (χ3v) is 1.88. The number of carboxylic acids is 1. The van der Waals surface area contributed by atoms with Crippen LogP contribution >= 0.6 is 12.4 Å². The second-order valence-electron chi connectivity index (χ2n) is 2.68. The fraction of sp³-hybridized carbons (Fsp3) is 0. The van der Waals surface area contributed by atoms with Crippen LogP contribution in [0.4, 0.5) is 0 Å². The number of fused-ring (bicyclic) bond motifs is 1. The van der Waals surface area contributed by atoms with Gasteiger partial charge in [-0.15, -0.1) is 12.4 Å². The van der Waals surface area contributed by atoms with Crippen molar-refractivity contribution in [3.05, 3.63) is 42.1 Å². The summed E-state index contributed by atoms with van der Waals surface area (Å²) in [6.45, 7) is 0. The molecule has 1 aromatic carbocycles. The molecule has 0 fully saturated rings. The first-order chi connectivity index (χ1) is 6.29. The Morgan fingerprint density at radius 3 is 2.64 bits per heavy atom. The van der Waals surface area contributed by atoms with Gasteiger partial charge in [0, 0.05) is 11.6 Å². The first kappa shape index (κ1) is 10.5. The molecule has 0 aliphatic heterocycles. The van der Waals surface area contributed by atoms with Crippen LogP contribution in [-0.4, -0.2) is 16.1 Å². The van der Waals surface area contributed by atoms with Crippen LogP contribution in [0.3, 0.4) is 0 Å². The number of pyridine rings is 1. The van der Waals surface area contributed by atoms with Crippen LogP contribution in [-0.2, 0) is 0 Å². The molecular weight excluding hydrogens is 202 g/mol. The molecule has 2 rings (SSSR count). The van der Waals surface area contributed by atoms with E-state index in [0.29, 0.717) is 16.5 Å². The number of nitrogens with zero attached hydrogens (tertiary/aromatic N) is 1. The number of carbonyl (C=O) groups is 1. The minimum absolute atomic E-state index is 0. The van der Waals surface area contributed by atoms with E-state index < -0.39 is 5.97 Å². The summed E-state index contributed by atoms with van der Waals surface area (Å²) in [5.74, 6) is -0.918. The molecule has 14 heavy (non-hydrogen) atoms. The lowest BCUT2D eigenvalue weighted by molar-refractivity contribution is 0.0699. The van der Waals surface area contributed by atoms with E-state index in [4.69, 9.17) is 5.11 Å². The number of hydrogen-bond acceptors (Lipinski definition) is 2. The molecule has 0 atom stereocenters. The van der Waals surface area contributed by atoms with Crippen molar-refractivity contribution in [2.24, 2.45) is 0 Å². The summed E-state index contributed by atoms with van der Waals surface area (Å²) in [4.78, 5) is 14.8. The highest BCUT2D eigenvalue weighted by atomic mass is 35.5. The van der Waals surface area contributed by atoms with E-state index in [1.54, 1.807) is 18.2 Å². The Kier molecular flexibility index (Phi) is 3.04. The van der Waals surface area contributed by atoms with Gasteiger partial charge in [-0.1, -0.05) is 18.2 Å². The Hall–Kier alpha value is -1.61. The van der Waals surface area contributed by atoms with Crippen LogP contribution in [0.2, 0.25) is 0 Å². The average molecular weight is 210 g/mol. The normalized spacial score (nSPS) is 9.43. The van der Waals surface area contributed by atoms with Gasteiger partial charge >= 0.3 is 5.97 Å². The molecule has 0 amide bonds. The molecule has 0 aliphatic rings. The van der Waals surface area contributed by atoms with Crippen molar-refractivity contribution >= 4 is 29.3 Å². The molecule has 4 heteroatoms. The molecule has 0 aliphatic carbocycles. The van der Waals surface area contributed by atoms with E-state index in [1.807, 2.05) is 6.07 Å². The zero-order valence-corrected chi connectivity index (χ0v) is 7.99. The van der Waals surface area contributed by atoms with Crippen molar-refractivity contribution in [3.8, 4) is 0 Å². The van der Waals surface area contributed by atoms with Crippen LogP contribution in [0.1, 0.15) is 10.4 Å². The van der Waals surface area contributed by atoms with Gasteiger partial charge in [0.25, 0.3) is 0 Å². The summed E-state index contributed by atoms with van der Waals surface area (Å²) < 4.78 is 0. The highest BCUT2D eigenvalue weighted by molar-refractivity contribution is 6.02. The summed E-state index contributed by atoms with van der Waals surface area (Å²) >= 11 is 0. The highest BCUT2D eigenvalue weighted by Crippen LogP contribution is 2.15. The van der Waals surface area contributed by atoms with Gasteiger partial charge in [-0.2, -0.15) is 0 Å². The van der Waals surface area contributed by atoms with Crippen molar-refractivity contribution in [2.75, 3.05) is 0 Å². The van der Waals surface area contributed by atoms with Crippen LogP contribution in [0.15, 0.2) is 36.5 Å². The van der Waals surface area contributed by atoms with E-state index in [-0.39, 0.29) is 12.4 Å². The number of aromatic carboxylic acids is 1. The molecule has 1 heterocycles. The van der Waals surface area contributed by atoms with Crippen LogP contribution in [0.5, 0.6) is 0 Å². The predicted molar refractivity (Wildman–Crippen MR) is 56.0 cm³/mol. The maximum absolute atomic E-state index is 10.8. The summed E-state index contributed by atoms with van der Waals surface area (Å²) in [5, 5.41) is 9.53. The van der Waals surface area contributed by atoms with Crippen molar-refractivity contribution in [1.29, 1.82) is 0 Å². The van der Waals surface area contributed by atoms with Gasteiger partial charge in [0.15, 0.2) is 0 Å². The second kappa shape index (κ2) is 4.07. The van der Waals surface area contributed by atoms with Crippen molar-refractivity contribution in [2.45, 2.75) is 0 Å². The zero-order chi connectivity index (χ0) is 9.26. The molecule has 1 N–H and O–H groups in total. The first-order valence-corrected chi connectivity index (χ1v) is 3.86. The van der Waals surface area contributed by atoms with E-state index in [2.05, 4.69) is 4.98 Å². The number of aromatic nitrogens is 1. The summed E-state index contributed by atoms with van der Waals surface area (Å²) in [6, 6.07) is 8.69. The third-order valence-electron chi connectivity index (χ3n) is 1.88. The Labute approximate surface area is 86.8 Å². The highest BCUT2D eigenvalue weighted by Gasteiger charge is 2.06. The lowest BCUT2D eigenvalue weighted by atomic mass is 10.1. The molecule has 2 aromatic rings. The maximum Gasteiger partial charge on any atom is 0.336 e. The van der Waals surface area contributed by atoms with Crippen LogP contribution in [0.25, 0.3) is 10.9 Å². The second-order valence-corrected chi connectivity index (χ2v) is 2.68. The van der Waals surface area contributed by atoms with Gasteiger partial charge in [0.2, 0.25) is 0 Å². The van der Waals surface area contributed by atoms with E-state index in [0.717, 1.165) is 0 Å². The number of rotatable bonds is 1. The van der Waals surface area contributed by atoms with Crippen molar-refractivity contribution in [1.82, 2.24) is 4.98 Å². The maximum atomic E-state index is 10.8. The summed E-state index contributed by atoms with van der Waals surface area (Å²) in [7, 11) is 0. The molecule has 1 aromatic heterocycles. The van der Waals surface area contributed by atoms with Crippen LogP contribution < -0.4 is 0 Å². The Morgan fingerprint density at radius 1 is 1.21 bits per heavy atom. The van der Waals surface area contributed by atoms with Gasteiger partial charge in [-0.25, -0.2) is 4.79 Å². The van der Waals surface area contributed by atoms with Gasteiger partial charge in [-0.05, 0) is 12.1 Å². The van der Waals surface area contributed by atoms with Crippen LogP contribution in [0, 0.1) is 0 Å². The molecule has 0 saturated carbocycles. The number of halogens is 1. The largest absolute Gasteiger partial charge is 0.478 e. The number of carboxylic acid groups (broad SMARTS) is 1. The Balaban J connectivity index is 0.000000980. The molecular formula is C10H8ClNO2. The molecule has 0 bridgehead atoms. The molecule has 0 spiro atoms. The zero-order valence-electron chi connectivity index (χ0n) is 7.18. The molecule has 0 radical (unpaired) electrons. The topological polar surface area (TPSA) is 50.2 Å². The predicted octanol–water partition coefficient (Wildman–Crippen LogP) is 2.35. The first-order valence-electron chi connectivity index (χ1n) is 3.86. The molecule has 0 saturated heterocycles. The summed E-state index contributed by atoms with van der Waals surface area (Å²) in [6.07, 6.45) is 1.51. The van der Waals surface area contributed by atoms with Gasteiger partial charge in [-0.3, -0.25) is 4.98 Å². The molecule has 72 valence electrons. The number of benzene rings is 1. The number of para-hydroxylation sites is 1. The Morgan fingerprint density at radius 2 is 1.93 bits per heavy atom. The monoisotopic (exact) mass is 209 g/mol. The Bertz CT molecular complexity index is 465. The molecule has 3 nitrogen and oxygen atoms in total. The fourth-order valence-electron chi connectivity index (χ4n) is 1.28. The smallest absolute Gasteiger partial charge is 0.336 e.